The van der Waals surface area contributed by atoms with Gasteiger partial charge in [-0.3, -0.25) is 4.21 Å². The van der Waals surface area contributed by atoms with Gasteiger partial charge in [0.2, 0.25) is 0 Å². The van der Waals surface area contributed by atoms with Crippen molar-refractivity contribution in [3.63, 3.8) is 0 Å². The lowest BCUT2D eigenvalue weighted by molar-refractivity contribution is -0.177. The fourth-order valence-corrected chi connectivity index (χ4v) is 5.02. The summed E-state index contributed by atoms with van der Waals surface area (Å²) in [4.78, 5) is 0. The molecule has 0 bridgehead atoms. The lowest BCUT2D eigenvalue weighted by atomic mass is 9.90. The van der Waals surface area contributed by atoms with E-state index < -0.39 is 16.6 Å². The zero-order chi connectivity index (χ0) is 14.9. The molecule has 3 rings (SSSR count). The third kappa shape index (κ3) is 3.21. The molecule has 1 aromatic rings. The third-order valence-corrected chi connectivity index (χ3v) is 6.35. The fraction of sp³-hybridized carbons (Fsp3) is 0.625. The highest BCUT2D eigenvalue weighted by Gasteiger charge is 2.46. The van der Waals surface area contributed by atoms with E-state index in [0.29, 0.717) is 25.4 Å². The van der Waals surface area contributed by atoms with Crippen LogP contribution in [0.5, 0.6) is 0 Å². The molecular weight excluding hydrogens is 286 g/mol. The van der Waals surface area contributed by atoms with Crippen LogP contribution in [0, 0.1) is 6.92 Å². The number of nitrogens with two attached hydrogens (primary N) is 1. The molecular formula is C16H23NO3S. The van der Waals surface area contributed by atoms with E-state index in [4.69, 9.17) is 15.2 Å². The molecule has 0 amide bonds. The van der Waals surface area contributed by atoms with E-state index in [1.165, 1.54) is 5.56 Å². The van der Waals surface area contributed by atoms with Gasteiger partial charge in [0.15, 0.2) is 5.79 Å². The van der Waals surface area contributed by atoms with Gasteiger partial charge in [-0.15, -0.1) is 0 Å². The van der Waals surface area contributed by atoms with Crippen LogP contribution in [0.3, 0.4) is 0 Å². The second kappa shape index (κ2) is 6.16. The van der Waals surface area contributed by atoms with Crippen molar-refractivity contribution in [2.24, 2.45) is 5.73 Å². The van der Waals surface area contributed by atoms with Gasteiger partial charge in [0.05, 0.1) is 18.5 Å². The summed E-state index contributed by atoms with van der Waals surface area (Å²) in [6.45, 7) is 3.32. The molecule has 1 saturated heterocycles. The molecule has 1 saturated carbocycles. The first-order valence-corrected chi connectivity index (χ1v) is 8.93. The summed E-state index contributed by atoms with van der Waals surface area (Å²) >= 11 is 0. The van der Waals surface area contributed by atoms with Gasteiger partial charge in [-0.2, -0.15) is 0 Å². The summed E-state index contributed by atoms with van der Waals surface area (Å²) in [6.07, 6.45) is 2.27. The van der Waals surface area contributed by atoms with E-state index in [9.17, 15) is 4.21 Å². The number of hydrogen-bond acceptors (Lipinski definition) is 4. The maximum Gasteiger partial charge on any atom is 0.169 e. The van der Waals surface area contributed by atoms with Crippen molar-refractivity contribution in [3.05, 3.63) is 35.4 Å². The summed E-state index contributed by atoms with van der Waals surface area (Å²) in [5.41, 5.74) is 8.53. The van der Waals surface area contributed by atoms with Crippen molar-refractivity contribution in [1.82, 2.24) is 0 Å². The second-order valence-corrected chi connectivity index (χ2v) is 7.66. The van der Waals surface area contributed by atoms with Gasteiger partial charge >= 0.3 is 0 Å². The van der Waals surface area contributed by atoms with Gasteiger partial charge < -0.3 is 15.2 Å². The van der Waals surface area contributed by atoms with E-state index in [1.807, 2.05) is 18.2 Å². The Labute approximate surface area is 128 Å². The van der Waals surface area contributed by atoms with Gasteiger partial charge in [-0.25, -0.2) is 0 Å². The van der Waals surface area contributed by atoms with Crippen molar-refractivity contribution in [2.45, 2.75) is 49.0 Å². The summed E-state index contributed by atoms with van der Waals surface area (Å²) in [5.74, 6) is 0.0308. The molecule has 3 unspecified atom stereocenters. The Bertz CT molecular complexity index is 528. The van der Waals surface area contributed by atoms with E-state index >= 15 is 0 Å². The molecule has 4 nitrogen and oxygen atoms in total. The van der Waals surface area contributed by atoms with Crippen LogP contribution in [-0.2, 0) is 26.0 Å². The average Bonchev–Trinajstić information content (AvgIpc) is 2.93. The molecule has 1 aromatic carbocycles. The Balaban J connectivity index is 1.72. The Hall–Kier alpha value is -0.750. The molecule has 5 heteroatoms. The topological polar surface area (TPSA) is 61.6 Å². The molecule has 2 N–H and O–H groups in total. The normalized spacial score (nSPS) is 29.6. The molecule has 0 radical (unpaired) electrons. The second-order valence-electron chi connectivity index (χ2n) is 6.00. The Morgan fingerprint density at radius 3 is 2.76 bits per heavy atom. The highest BCUT2D eigenvalue weighted by molar-refractivity contribution is 7.84. The monoisotopic (exact) mass is 309 g/mol. The molecule has 116 valence electrons. The van der Waals surface area contributed by atoms with Crippen molar-refractivity contribution >= 4 is 10.8 Å². The number of rotatable bonds is 3. The number of benzene rings is 1. The molecule has 1 spiro atoms. The predicted molar refractivity (Wildman–Crippen MR) is 83.3 cm³/mol. The average molecular weight is 309 g/mol. The van der Waals surface area contributed by atoms with Crippen molar-refractivity contribution < 1.29 is 13.7 Å². The lowest BCUT2D eigenvalue weighted by Gasteiger charge is -2.39. The fourth-order valence-electron chi connectivity index (χ4n) is 3.21. The van der Waals surface area contributed by atoms with Crippen molar-refractivity contribution in [2.75, 3.05) is 13.2 Å². The molecule has 0 aromatic heterocycles. The van der Waals surface area contributed by atoms with E-state index in [2.05, 4.69) is 13.0 Å². The van der Waals surface area contributed by atoms with Gasteiger partial charge in [0.1, 0.15) is 0 Å². The van der Waals surface area contributed by atoms with Crippen LogP contribution < -0.4 is 5.73 Å². The van der Waals surface area contributed by atoms with Crippen molar-refractivity contribution in [1.29, 1.82) is 0 Å². The molecule has 1 aliphatic carbocycles. The number of aryl methyl sites for hydroxylation is 1. The Kier molecular flexibility index (Phi) is 4.45. The van der Waals surface area contributed by atoms with E-state index in [-0.39, 0.29) is 11.3 Å². The first-order valence-electron chi connectivity index (χ1n) is 7.55. The highest BCUT2D eigenvalue weighted by atomic mass is 32.2. The van der Waals surface area contributed by atoms with Crippen LogP contribution in [0.15, 0.2) is 24.3 Å². The number of ether oxygens (including phenoxy) is 2. The molecule has 3 atom stereocenters. The van der Waals surface area contributed by atoms with E-state index in [1.54, 1.807) is 0 Å². The molecule has 21 heavy (non-hydrogen) atoms. The quantitative estimate of drug-likeness (QED) is 0.926. The minimum atomic E-state index is -1.00. The third-order valence-electron chi connectivity index (χ3n) is 4.56. The maximum atomic E-state index is 12.8. The largest absolute Gasteiger partial charge is 0.347 e. The van der Waals surface area contributed by atoms with Gasteiger partial charge in [-0.05, 0) is 24.5 Å². The highest BCUT2D eigenvalue weighted by Crippen LogP contribution is 2.37. The lowest BCUT2D eigenvalue weighted by Crippen LogP contribution is -2.50. The SMILES string of the molecule is Cc1ccccc1CS(=O)C1CC2(CCC1N)OCCO2. The molecule has 2 aliphatic rings. The van der Waals surface area contributed by atoms with Gasteiger partial charge in [0, 0.05) is 35.4 Å². The summed E-state index contributed by atoms with van der Waals surface area (Å²) in [6, 6.07) is 8.06. The zero-order valence-corrected chi connectivity index (χ0v) is 13.2. The van der Waals surface area contributed by atoms with Crippen LogP contribution in [0.4, 0.5) is 0 Å². The molecule has 1 heterocycles. The number of hydrogen-bond donors (Lipinski definition) is 1. The van der Waals surface area contributed by atoms with Crippen LogP contribution in [0.25, 0.3) is 0 Å². The van der Waals surface area contributed by atoms with Gasteiger partial charge in [0.25, 0.3) is 0 Å². The minimum absolute atomic E-state index is 0.0340. The first kappa shape index (κ1) is 15.2. The Morgan fingerprint density at radius 1 is 1.33 bits per heavy atom. The van der Waals surface area contributed by atoms with Gasteiger partial charge in [-0.1, -0.05) is 24.3 Å². The van der Waals surface area contributed by atoms with Crippen LogP contribution in [0.1, 0.15) is 30.4 Å². The molecule has 1 aliphatic heterocycles. The minimum Gasteiger partial charge on any atom is -0.347 e. The predicted octanol–water partition coefficient (Wildman–Crippen LogP) is 1.87. The first-order chi connectivity index (χ1) is 10.1. The zero-order valence-electron chi connectivity index (χ0n) is 12.4. The summed E-state index contributed by atoms with van der Waals surface area (Å²) in [7, 11) is -1.00. The smallest absolute Gasteiger partial charge is 0.169 e. The van der Waals surface area contributed by atoms with Crippen LogP contribution in [-0.4, -0.2) is 34.5 Å². The van der Waals surface area contributed by atoms with E-state index in [0.717, 1.165) is 18.4 Å². The summed E-state index contributed by atoms with van der Waals surface area (Å²) in [5, 5.41) is -0.0588. The van der Waals surface area contributed by atoms with Crippen molar-refractivity contribution in [3.8, 4) is 0 Å². The molecule has 2 fully saturated rings. The summed E-state index contributed by atoms with van der Waals surface area (Å²) < 4.78 is 24.3. The maximum absolute atomic E-state index is 12.8. The Morgan fingerprint density at radius 2 is 2.05 bits per heavy atom. The standard InChI is InChI=1S/C16H23NO3S/c1-12-4-2-3-5-13(12)11-21(18)15-10-16(7-6-14(15)17)19-8-9-20-16/h2-5,14-15H,6-11,17H2,1H3. The van der Waals surface area contributed by atoms with Crippen LogP contribution >= 0.6 is 0 Å². The van der Waals surface area contributed by atoms with Crippen LogP contribution in [0.2, 0.25) is 0 Å².